The third kappa shape index (κ3) is 6.60. The van der Waals surface area contributed by atoms with Gasteiger partial charge in [0.25, 0.3) is 5.91 Å². The summed E-state index contributed by atoms with van der Waals surface area (Å²) in [7, 11) is 0. The molecule has 1 atom stereocenters. The lowest BCUT2D eigenvalue weighted by Crippen LogP contribution is -2.34. The topological polar surface area (TPSA) is 78.7 Å². The molecule has 7 nitrogen and oxygen atoms in total. The molecular weight excluding hydrogens is 543 g/mol. The number of aliphatic carboxylic acids is 1. The van der Waals surface area contributed by atoms with Gasteiger partial charge in [-0.15, -0.1) is 0 Å². The minimum Gasteiger partial charge on any atom is -0.478 e. The van der Waals surface area contributed by atoms with Gasteiger partial charge in [0.05, 0.1) is 23.1 Å². The number of hydrogen-bond acceptors (Lipinski definition) is 4. The van der Waals surface area contributed by atoms with Crippen LogP contribution in [0, 0.1) is 5.82 Å². The first kappa shape index (κ1) is 28.6. The van der Waals surface area contributed by atoms with Crippen LogP contribution in [-0.2, 0) is 11.3 Å². The van der Waals surface area contributed by atoms with Gasteiger partial charge in [-0.05, 0) is 79.4 Å². The number of nitrogens with zero attached hydrogens (tertiary/aromatic N) is 4. The molecule has 3 aromatic carbocycles. The fourth-order valence-corrected chi connectivity index (χ4v) is 6.34. The summed E-state index contributed by atoms with van der Waals surface area (Å²) < 4.78 is 15.6. The smallest absolute Gasteiger partial charge is 0.328 e. The van der Waals surface area contributed by atoms with Crippen molar-refractivity contribution in [2.45, 2.75) is 37.6 Å². The van der Waals surface area contributed by atoms with Crippen LogP contribution >= 0.6 is 0 Å². The average molecular weight is 579 g/mol. The van der Waals surface area contributed by atoms with Gasteiger partial charge in [0.15, 0.2) is 0 Å². The molecule has 0 saturated carbocycles. The molecule has 0 bridgehead atoms. The highest BCUT2D eigenvalue weighted by molar-refractivity contribution is 5.95. The van der Waals surface area contributed by atoms with Gasteiger partial charge in [0.2, 0.25) is 0 Å². The Labute approximate surface area is 250 Å². The van der Waals surface area contributed by atoms with Crippen molar-refractivity contribution in [2.24, 2.45) is 0 Å². The Morgan fingerprint density at radius 3 is 2.28 bits per heavy atom. The van der Waals surface area contributed by atoms with E-state index in [1.165, 1.54) is 23.3 Å². The molecule has 2 aliphatic rings. The van der Waals surface area contributed by atoms with E-state index in [2.05, 4.69) is 22.1 Å². The molecular formula is C35H35FN4O3. The summed E-state index contributed by atoms with van der Waals surface area (Å²) in [6, 6.07) is 24.6. The molecule has 2 saturated heterocycles. The van der Waals surface area contributed by atoms with Crippen LogP contribution in [0.5, 0.6) is 0 Å². The fraction of sp³-hybridized carbons (Fsp3) is 0.286. The van der Waals surface area contributed by atoms with E-state index in [9.17, 15) is 14.0 Å². The van der Waals surface area contributed by atoms with Crippen molar-refractivity contribution in [3.8, 4) is 5.69 Å². The molecule has 4 aromatic rings. The maximum absolute atomic E-state index is 14.0. The van der Waals surface area contributed by atoms with E-state index in [0.717, 1.165) is 61.9 Å². The van der Waals surface area contributed by atoms with Gasteiger partial charge >= 0.3 is 5.97 Å². The molecule has 2 aliphatic heterocycles. The summed E-state index contributed by atoms with van der Waals surface area (Å²) >= 11 is 0. The summed E-state index contributed by atoms with van der Waals surface area (Å²) in [4.78, 5) is 29.1. The minimum absolute atomic E-state index is 0.0151. The highest BCUT2D eigenvalue weighted by atomic mass is 19.1. The quantitative estimate of drug-likeness (QED) is 0.255. The van der Waals surface area contributed by atoms with Crippen LogP contribution in [0.3, 0.4) is 0 Å². The number of benzene rings is 3. The van der Waals surface area contributed by atoms with Gasteiger partial charge in [-0.1, -0.05) is 54.6 Å². The Kier molecular flexibility index (Phi) is 8.47. The average Bonchev–Trinajstić information content (AvgIpc) is 3.70. The molecule has 0 radical (unpaired) electrons. The Morgan fingerprint density at radius 2 is 1.58 bits per heavy atom. The predicted octanol–water partition coefficient (Wildman–Crippen LogP) is 6.12. The maximum Gasteiger partial charge on any atom is 0.328 e. The summed E-state index contributed by atoms with van der Waals surface area (Å²) in [6.07, 6.45) is 7.11. The van der Waals surface area contributed by atoms with Crippen molar-refractivity contribution in [2.75, 3.05) is 26.2 Å². The maximum atomic E-state index is 14.0. The van der Waals surface area contributed by atoms with Crippen molar-refractivity contribution in [3.05, 3.63) is 125 Å². The molecule has 220 valence electrons. The zero-order valence-electron chi connectivity index (χ0n) is 24.0. The van der Waals surface area contributed by atoms with E-state index in [0.29, 0.717) is 24.6 Å². The number of aromatic nitrogens is 2. The number of likely N-dealkylation sites (tertiary alicyclic amines) is 2. The van der Waals surface area contributed by atoms with Gasteiger partial charge in [0.1, 0.15) is 5.82 Å². The molecule has 1 aromatic heterocycles. The third-order valence-electron chi connectivity index (χ3n) is 8.63. The zero-order valence-corrected chi connectivity index (χ0v) is 24.0. The number of hydrogen-bond donors (Lipinski definition) is 1. The molecule has 0 aliphatic carbocycles. The van der Waals surface area contributed by atoms with Gasteiger partial charge < -0.3 is 10.0 Å². The second kappa shape index (κ2) is 12.8. The summed E-state index contributed by atoms with van der Waals surface area (Å²) in [5.41, 5.74) is 5.58. The van der Waals surface area contributed by atoms with Gasteiger partial charge in [0, 0.05) is 37.5 Å². The highest BCUT2D eigenvalue weighted by Gasteiger charge is 2.34. The van der Waals surface area contributed by atoms with E-state index >= 15 is 0 Å². The standard InChI is InChI=1S/C35H35FN4O3/c36-30-11-13-31(14-12-30)40-34(32(22-37-40)35(43)39-21-18-29(24-39)27-4-2-1-3-5-27)28-16-19-38(20-17-28)23-26-8-6-25(7-9-26)10-15-33(41)42/h1-15,22,28-29H,16-21,23-24H2,(H,41,42). The van der Waals surface area contributed by atoms with Crippen LogP contribution in [-0.4, -0.2) is 62.7 Å². The van der Waals surface area contributed by atoms with Crippen LogP contribution in [0.15, 0.2) is 91.1 Å². The number of carboxylic acids is 1. The van der Waals surface area contributed by atoms with E-state index in [-0.39, 0.29) is 17.6 Å². The lowest BCUT2D eigenvalue weighted by atomic mass is 9.90. The molecule has 1 N–H and O–H groups in total. The van der Waals surface area contributed by atoms with Crippen molar-refractivity contribution in [3.63, 3.8) is 0 Å². The number of carboxylic acid groups (broad SMARTS) is 1. The Morgan fingerprint density at radius 1 is 0.884 bits per heavy atom. The van der Waals surface area contributed by atoms with Crippen LogP contribution in [0.1, 0.15) is 63.8 Å². The molecule has 0 spiro atoms. The zero-order chi connectivity index (χ0) is 29.8. The van der Waals surface area contributed by atoms with Crippen LogP contribution in [0.2, 0.25) is 0 Å². The van der Waals surface area contributed by atoms with Crippen molar-refractivity contribution in [1.82, 2.24) is 19.6 Å². The lowest BCUT2D eigenvalue weighted by molar-refractivity contribution is -0.131. The summed E-state index contributed by atoms with van der Waals surface area (Å²) in [5.74, 6) is -0.794. The lowest BCUT2D eigenvalue weighted by Gasteiger charge is -2.33. The highest BCUT2D eigenvalue weighted by Crippen LogP contribution is 2.35. The van der Waals surface area contributed by atoms with Crippen molar-refractivity contribution >= 4 is 18.0 Å². The Hall–Kier alpha value is -4.56. The Bertz CT molecular complexity index is 1590. The third-order valence-corrected chi connectivity index (χ3v) is 8.63. The second-order valence-electron chi connectivity index (χ2n) is 11.4. The normalized spacial score (nSPS) is 18.0. The monoisotopic (exact) mass is 578 g/mol. The van der Waals surface area contributed by atoms with E-state index in [1.807, 2.05) is 52.0 Å². The second-order valence-corrected chi connectivity index (χ2v) is 11.4. The molecule has 3 heterocycles. The number of rotatable bonds is 8. The molecule has 6 rings (SSSR count). The van der Waals surface area contributed by atoms with Gasteiger partial charge in [-0.3, -0.25) is 9.69 Å². The summed E-state index contributed by atoms with van der Waals surface area (Å²) in [5, 5.41) is 13.5. The van der Waals surface area contributed by atoms with Crippen molar-refractivity contribution in [1.29, 1.82) is 0 Å². The number of halogens is 1. The van der Waals surface area contributed by atoms with Gasteiger partial charge in [-0.25, -0.2) is 13.9 Å². The first-order chi connectivity index (χ1) is 20.9. The van der Waals surface area contributed by atoms with E-state index in [1.54, 1.807) is 24.4 Å². The molecule has 2 fully saturated rings. The first-order valence-electron chi connectivity index (χ1n) is 14.8. The van der Waals surface area contributed by atoms with Crippen LogP contribution in [0.25, 0.3) is 11.8 Å². The Balaban J connectivity index is 1.18. The summed E-state index contributed by atoms with van der Waals surface area (Å²) in [6.45, 7) is 3.93. The van der Waals surface area contributed by atoms with Gasteiger partial charge in [-0.2, -0.15) is 5.10 Å². The minimum atomic E-state index is -0.964. The SMILES string of the molecule is O=C(O)C=Cc1ccc(CN2CCC(c3c(C(=O)N4CCC(c5ccccc5)C4)cnn3-c3ccc(F)cc3)CC2)cc1. The number of amides is 1. The van der Waals surface area contributed by atoms with Crippen molar-refractivity contribution < 1.29 is 19.1 Å². The number of carbonyl (C=O) groups excluding carboxylic acids is 1. The molecule has 8 heteroatoms. The first-order valence-corrected chi connectivity index (χ1v) is 14.8. The van der Waals surface area contributed by atoms with Crippen LogP contribution in [0.4, 0.5) is 4.39 Å². The molecule has 43 heavy (non-hydrogen) atoms. The fourth-order valence-electron chi connectivity index (χ4n) is 6.34. The number of piperidine rings is 1. The predicted molar refractivity (Wildman–Crippen MR) is 164 cm³/mol. The largest absolute Gasteiger partial charge is 0.478 e. The number of carbonyl (C=O) groups is 2. The molecule has 1 unspecified atom stereocenters. The van der Waals surface area contributed by atoms with E-state index < -0.39 is 5.97 Å². The van der Waals surface area contributed by atoms with E-state index in [4.69, 9.17) is 5.11 Å². The molecule has 1 amide bonds. The van der Waals surface area contributed by atoms with Crippen LogP contribution < -0.4 is 0 Å².